The van der Waals surface area contributed by atoms with E-state index in [1.54, 1.807) is 37.3 Å². The fourth-order valence-corrected chi connectivity index (χ4v) is 5.44. The first-order valence-electron chi connectivity index (χ1n) is 11.6. The summed E-state index contributed by atoms with van der Waals surface area (Å²) in [7, 11) is -4.37. The van der Waals surface area contributed by atoms with Gasteiger partial charge in [-0.15, -0.1) is 0 Å². The van der Waals surface area contributed by atoms with Crippen LogP contribution in [0, 0.1) is 11.3 Å². The van der Waals surface area contributed by atoms with Crippen molar-refractivity contribution < 1.29 is 38.1 Å². The van der Waals surface area contributed by atoms with Crippen LogP contribution in [-0.4, -0.2) is 67.8 Å². The summed E-state index contributed by atoms with van der Waals surface area (Å²) in [6.45, 7) is 2.31. The molecule has 15 heteroatoms. The van der Waals surface area contributed by atoms with Gasteiger partial charge in [-0.2, -0.15) is 15.4 Å². The Balaban J connectivity index is 1.60. The predicted octanol–water partition coefficient (Wildman–Crippen LogP) is 1.11. The van der Waals surface area contributed by atoms with Crippen LogP contribution in [0.15, 0.2) is 48.8 Å². The Hall–Kier alpha value is -3.57. The van der Waals surface area contributed by atoms with Gasteiger partial charge in [-0.3, -0.25) is 9.32 Å². The molecule has 2 unspecified atom stereocenters. The zero-order valence-electron chi connectivity index (χ0n) is 20.5. The van der Waals surface area contributed by atoms with Crippen LogP contribution in [0.2, 0.25) is 0 Å². The molecule has 3 aromatic rings. The van der Waals surface area contributed by atoms with Crippen molar-refractivity contribution in [1.29, 1.82) is 5.26 Å². The van der Waals surface area contributed by atoms with E-state index in [-0.39, 0.29) is 23.9 Å². The first-order valence-corrected chi connectivity index (χ1v) is 13.1. The predicted molar refractivity (Wildman–Crippen MR) is 131 cm³/mol. The third kappa shape index (κ3) is 5.34. The maximum Gasteiger partial charge on any atom is 0.459 e. The molecule has 6 atom stereocenters. The van der Waals surface area contributed by atoms with Gasteiger partial charge in [0.2, 0.25) is 5.60 Å². The Morgan fingerprint density at radius 3 is 2.76 bits per heavy atom. The summed E-state index contributed by atoms with van der Waals surface area (Å²) in [4.78, 5) is 16.1. The molecule has 0 radical (unpaired) electrons. The van der Waals surface area contributed by atoms with E-state index in [9.17, 15) is 24.8 Å². The lowest BCUT2D eigenvalue weighted by Gasteiger charge is -2.28. The summed E-state index contributed by atoms with van der Waals surface area (Å²) in [6.07, 6.45) is -3.40. The number of carbonyl (C=O) groups is 1. The number of carbonyl (C=O) groups excluding carboxylic acids is 1. The number of ether oxygens (including phenoxy) is 2. The lowest BCUT2D eigenvalue weighted by molar-refractivity contribution is -0.144. The van der Waals surface area contributed by atoms with Crippen LogP contribution in [0.25, 0.3) is 5.52 Å². The number of hydrogen-bond donors (Lipinski definition) is 4. The maximum absolute atomic E-state index is 13.7. The molecule has 202 valence electrons. The number of aliphatic hydroxyl groups excluding tert-OH is 2. The topological polar surface area (TPSA) is 204 Å². The Kier molecular flexibility index (Phi) is 7.98. The van der Waals surface area contributed by atoms with Gasteiger partial charge >= 0.3 is 13.7 Å². The van der Waals surface area contributed by atoms with Crippen molar-refractivity contribution in [3.05, 3.63) is 54.5 Å². The second kappa shape index (κ2) is 11.0. The zero-order valence-corrected chi connectivity index (χ0v) is 21.4. The lowest BCUT2D eigenvalue weighted by atomic mass is 9.96. The Bertz CT molecular complexity index is 1380. The zero-order chi connectivity index (χ0) is 27.5. The Morgan fingerprint density at radius 2 is 2.08 bits per heavy atom. The van der Waals surface area contributed by atoms with Crippen molar-refractivity contribution >= 4 is 25.1 Å². The highest BCUT2D eigenvalue weighted by Crippen LogP contribution is 2.48. The second-order valence-electron chi connectivity index (χ2n) is 8.45. The van der Waals surface area contributed by atoms with E-state index >= 15 is 0 Å². The number of nitrogen functional groups attached to an aromatic ring is 1. The van der Waals surface area contributed by atoms with Gasteiger partial charge in [-0.05, 0) is 38.1 Å². The van der Waals surface area contributed by atoms with Gasteiger partial charge in [0.05, 0.1) is 12.3 Å². The van der Waals surface area contributed by atoms with Gasteiger partial charge < -0.3 is 29.9 Å². The molecule has 3 heterocycles. The van der Waals surface area contributed by atoms with Gasteiger partial charge in [0.15, 0.2) is 5.82 Å². The van der Waals surface area contributed by atoms with E-state index in [1.165, 1.54) is 29.9 Å². The van der Waals surface area contributed by atoms with Crippen LogP contribution in [0.1, 0.15) is 25.6 Å². The molecule has 4 rings (SSSR count). The van der Waals surface area contributed by atoms with Gasteiger partial charge in [0.1, 0.15) is 54.6 Å². The van der Waals surface area contributed by atoms with Gasteiger partial charge in [-0.1, -0.05) is 18.2 Å². The summed E-state index contributed by atoms with van der Waals surface area (Å²) in [6, 6.07) is 11.9. The molecule has 0 aliphatic carbocycles. The maximum atomic E-state index is 13.7. The van der Waals surface area contributed by atoms with E-state index in [4.69, 9.17) is 24.3 Å². The average molecular weight is 546 g/mol. The SMILES string of the molecule is CCOC(=O)C(C)NP(=O)(OC[C@@]1(C#N)O[C@@H](c2ccc3c(N)ncnn23)[C@H](O)[C@@H]1O)Oc1ccccc1. The Morgan fingerprint density at radius 1 is 1.34 bits per heavy atom. The van der Waals surface area contributed by atoms with E-state index in [1.807, 2.05) is 6.07 Å². The molecule has 0 amide bonds. The fourth-order valence-electron chi connectivity index (χ4n) is 3.92. The summed E-state index contributed by atoms with van der Waals surface area (Å²) in [5.41, 5.74) is 4.41. The largest absolute Gasteiger partial charge is 0.465 e. The number of nitrogens with two attached hydrogens (primary N) is 1. The average Bonchev–Trinajstić information content (AvgIpc) is 3.44. The molecular formula is C23H27N6O8P. The molecule has 5 N–H and O–H groups in total. The molecule has 1 aromatic carbocycles. The standard InChI is InChI=1S/C23H27N6O8P/c1-3-34-22(32)14(2)28-38(33,37-15-7-5-4-6-8-15)35-12-23(11-24)20(31)18(30)19(36-23)16-9-10-17-21(25)26-13-27-29(16)17/h4-10,13-14,18-20,30-31H,3,12H2,1-2H3,(H,28,33)(H2,25,26,27)/t14?,18-,19-,20-,23+,38?/m0/s1. The molecule has 0 spiro atoms. The molecule has 0 bridgehead atoms. The monoisotopic (exact) mass is 546 g/mol. The number of nitriles is 1. The number of nitrogens with zero attached hydrogens (tertiary/aromatic N) is 4. The van der Waals surface area contributed by atoms with Crippen molar-refractivity contribution in [2.24, 2.45) is 0 Å². The van der Waals surface area contributed by atoms with Crippen LogP contribution in [0.3, 0.4) is 0 Å². The molecule has 2 aromatic heterocycles. The van der Waals surface area contributed by atoms with Crippen molar-refractivity contribution in [3.8, 4) is 11.8 Å². The quantitative estimate of drug-likeness (QED) is 0.208. The first kappa shape index (κ1) is 27.5. The van der Waals surface area contributed by atoms with Crippen LogP contribution >= 0.6 is 7.75 Å². The number of aliphatic hydroxyl groups is 2. The van der Waals surface area contributed by atoms with Crippen molar-refractivity contribution in [3.63, 3.8) is 0 Å². The number of para-hydroxylation sites is 1. The normalized spacial score (nSPS) is 25.4. The summed E-state index contributed by atoms with van der Waals surface area (Å²) >= 11 is 0. The first-order chi connectivity index (χ1) is 18.1. The second-order valence-corrected chi connectivity index (χ2v) is 10.1. The number of hydrogen-bond acceptors (Lipinski definition) is 12. The minimum atomic E-state index is -4.37. The van der Waals surface area contributed by atoms with Crippen LogP contribution < -0.4 is 15.3 Å². The number of nitrogens with one attached hydrogen (secondary N) is 1. The lowest BCUT2D eigenvalue weighted by Crippen LogP contribution is -2.46. The number of esters is 1. The molecule has 0 saturated carbocycles. The highest BCUT2D eigenvalue weighted by Gasteiger charge is 2.57. The minimum absolute atomic E-state index is 0.0946. The van der Waals surface area contributed by atoms with Crippen molar-refractivity contribution in [2.75, 3.05) is 18.9 Å². The number of anilines is 1. The van der Waals surface area contributed by atoms with E-state index in [0.717, 1.165) is 0 Å². The van der Waals surface area contributed by atoms with E-state index in [2.05, 4.69) is 15.2 Å². The highest BCUT2D eigenvalue weighted by atomic mass is 31.2. The number of rotatable bonds is 10. The molecule has 1 fully saturated rings. The molecule has 1 saturated heterocycles. The molecule has 1 aliphatic heterocycles. The highest BCUT2D eigenvalue weighted by molar-refractivity contribution is 7.52. The number of aromatic nitrogens is 3. The van der Waals surface area contributed by atoms with E-state index < -0.39 is 50.3 Å². The fraction of sp³-hybridized carbons (Fsp3) is 0.391. The van der Waals surface area contributed by atoms with Gasteiger partial charge in [0.25, 0.3) is 0 Å². The van der Waals surface area contributed by atoms with Crippen LogP contribution in [0.4, 0.5) is 5.82 Å². The molecule has 1 aliphatic rings. The van der Waals surface area contributed by atoms with Crippen molar-refractivity contribution in [2.45, 2.75) is 43.8 Å². The van der Waals surface area contributed by atoms with E-state index in [0.29, 0.717) is 5.52 Å². The Labute approximate surface area is 217 Å². The number of fused-ring (bicyclic) bond motifs is 1. The number of benzene rings is 1. The van der Waals surface area contributed by atoms with Crippen LogP contribution in [0.5, 0.6) is 5.75 Å². The molecular weight excluding hydrogens is 519 g/mol. The molecule has 14 nitrogen and oxygen atoms in total. The van der Waals surface area contributed by atoms with Gasteiger partial charge in [0, 0.05) is 0 Å². The third-order valence-corrected chi connectivity index (χ3v) is 7.47. The summed E-state index contributed by atoms with van der Waals surface area (Å²) in [5.74, 6) is -0.389. The summed E-state index contributed by atoms with van der Waals surface area (Å²) in [5, 5.41) is 38.3. The van der Waals surface area contributed by atoms with Crippen molar-refractivity contribution in [1.82, 2.24) is 19.7 Å². The smallest absolute Gasteiger partial charge is 0.459 e. The van der Waals surface area contributed by atoms with Crippen LogP contribution in [-0.2, 0) is 23.4 Å². The van der Waals surface area contributed by atoms with Gasteiger partial charge in [-0.25, -0.2) is 14.1 Å². The summed E-state index contributed by atoms with van der Waals surface area (Å²) < 4.78 is 37.0. The minimum Gasteiger partial charge on any atom is -0.465 e. The third-order valence-electron chi connectivity index (χ3n) is 5.85. The molecule has 38 heavy (non-hydrogen) atoms.